The minimum Gasteiger partial charge on any atom is -0.383 e. The number of fused-ring (bicyclic) bond motifs is 1. The van der Waals surface area contributed by atoms with Gasteiger partial charge in [0.05, 0.1) is 30.0 Å². The number of nitrogens with zero attached hydrogens (tertiary/aromatic N) is 3. The minimum absolute atomic E-state index is 0.0574. The Morgan fingerprint density at radius 3 is 2.33 bits per heavy atom. The van der Waals surface area contributed by atoms with Crippen LogP contribution < -0.4 is 0 Å². The molecule has 6 nitrogen and oxygen atoms in total. The Hall–Kier alpha value is -2.83. The Kier molecular flexibility index (Phi) is 6.46. The van der Waals surface area contributed by atoms with Crippen molar-refractivity contribution in [2.24, 2.45) is 0 Å². The number of methoxy groups -OCH3 is 2. The number of benzene rings is 1. The quantitative estimate of drug-likeness (QED) is 0.614. The number of pyridine rings is 2. The van der Waals surface area contributed by atoms with Gasteiger partial charge in [0.25, 0.3) is 5.91 Å². The average molecular weight is 365 g/mol. The van der Waals surface area contributed by atoms with E-state index in [9.17, 15) is 4.79 Å². The molecule has 2 heterocycles. The summed E-state index contributed by atoms with van der Waals surface area (Å²) in [5.74, 6) is -0.0574. The van der Waals surface area contributed by atoms with E-state index >= 15 is 0 Å². The van der Waals surface area contributed by atoms with Crippen LogP contribution in [0, 0.1) is 0 Å². The number of ether oxygens (including phenoxy) is 2. The Balaban J connectivity index is 2.06. The van der Waals surface area contributed by atoms with E-state index in [1.165, 1.54) is 0 Å². The maximum Gasteiger partial charge on any atom is 0.254 e. The summed E-state index contributed by atoms with van der Waals surface area (Å²) in [6, 6.07) is 13.3. The Labute approximate surface area is 158 Å². The lowest BCUT2D eigenvalue weighted by molar-refractivity contribution is 0.0629. The number of hydrogen-bond donors (Lipinski definition) is 0. The highest BCUT2D eigenvalue weighted by atomic mass is 16.5. The van der Waals surface area contributed by atoms with Gasteiger partial charge >= 0.3 is 0 Å². The molecule has 0 unspecified atom stereocenters. The molecule has 3 rings (SSSR count). The summed E-state index contributed by atoms with van der Waals surface area (Å²) >= 11 is 0. The second kappa shape index (κ2) is 9.21. The second-order valence-electron chi connectivity index (χ2n) is 6.09. The first-order valence-corrected chi connectivity index (χ1v) is 8.82. The highest BCUT2D eigenvalue weighted by molar-refractivity contribution is 6.07. The first-order chi connectivity index (χ1) is 13.2. The van der Waals surface area contributed by atoms with Crippen LogP contribution in [0.2, 0.25) is 0 Å². The summed E-state index contributed by atoms with van der Waals surface area (Å²) < 4.78 is 10.3. The van der Waals surface area contributed by atoms with Gasteiger partial charge < -0.3 is 14.4 Å². The predicted molar refractivity (Wildman–Crippen MR) is 105 cm³/mol. The van der Waals surface area contributed by atoms with Crippen molar-refractivity contribution in [2.75, 3.05) is 40.5 Å². The van der Waals surface area contributed by atoms with Crippen LogP contribution in [0.3, 0.4) is 0 Å². The topological polar surface area (TPSA) is 64.6 Å². The largest absolute Gasteiger partial charge is 0.383 e. The number of hydrogen-bond acceptors (Lipinski definition) is 5. The molecule has 0 fully saturated rings. The van der Waals surface area contributed by atoms with E-state index in [0.29, 0.717) is 31.9 Å². The number of carbonyl (C=O) groups is 1. The fraction of sp³-hybridized carbons (Fsp3) is 0.286. The third kappa shape index (κ3) is 4.48. The fourth-order valence-electron chi connectivity index (χ4n) is 2.91. The molecular weight excluding hydrogens is 342 g/mol. The molecule has 1 aromatic carbocycles. The number of rotatable bonds is 8. The van der Waals surface area contributed by atoms with Crippen molar-refractivity contribution in [3.05, 3.63) is 60.4 Å². The second-order valence-corrected chi connectivity index (χ2v) is 6.09. The van der Waals surface area contributed by atoms with Crippen LogP contribution in [0.25, 0.3) is 22.2 Å². The van der Waals surface area contributed by atoms with E-state index in [1.54, 1.807) is 31.5 Å². The number of para-hydroxylation sites is 1. The average Bonchev–Trinajstić information content (AvgIpc) is 2.73. The van der Waals surface area contributed by atoms with E-state index < -0.39 is 0 Å². The lowest BCUT2D eigenvalue weighted by atomic mass is 10.0. The molecule has 0 saturated heterocycles. The minimum atomic E-state index is -0.0574. The molecule has 0 atom stereocenters. The molecule has 0 saturated carbocycles. The van der Waals surface area contributed by atoms with Crippen molar-refractivity contribution >= 4 is 16.8 Å². The highest BCUT2D eigenvalue weighted by Gasteiger charge is 2.19. The van der Waals surface area contributed by atoms with Crippen molar-refractivity contribution in [2.45, 2.75) is 0 Å². The molecule has 2 aromatic heterocycles. The molecule has 0 radical (unpaired) electrons. The molecule has 3 aromatic rings. The van der Waals surface area contributed by atoms with Crippen LogP contribution >= 0.6 is 0 Å². The molecule has 27 heavy (non-hydrogen) atoms. The van der Waals surface area contributed by atoms with Crippen LogP contribution in [-0.2, 0) is 9.47 Å². The van der Waals surface area contributed by atoms with Gasteiger partial charge in [-0.1, -0.05) is 18.2 Å². The molecule has 0 bridgehead atoms. The molecule has 0 aliphatic heterocycles. The molecular formula is C21H23N3O3. The van der Waals surface area contributed by atoms with Crippen LogP contribution in [-0.4, -0.2) is 61.3 Å². The van der Waals surface area contributed by atoms with Gasteiger partial charge in [0.15, 0.2) is 0 Å². The van der Waals surface area contributed by atoms with Crippen LogP contribution in [0.5, 0.6) is 0 Å². The first kappa shape index (κ1) is 18.9. The number of amides is 1. The summed E-state index contributed by atoms with van der Waals surface area (Å²) in [4.78, 5) is 23.9. The zero-order chi connectivity index (χ0) is 19.1. The number of carbonyl (C=O) groups excluding carboxylic acids is 1. The summed E-state index contributed by atoms with van der Waals surface area (Å²) in [7, 11) is 3.25. The zero-order valence-electron chi connectivity index (χ0n) is 15.6. The van der Waals surface area contributed by atoms with E-state index in [0.717, 1.165) is 22.2 Å². The molecule has 140 valence electrons. The summed E-state index contributed by atoms with van der Waals surface area (Å²) in [6.07, 6.45) is 3.44. The van der Waals surface area contributed by atoms with Gasteiger partial charge in [-0.2, -0.15) is 0 Å². The lowest BCUT2D eigenvalue weighted by Gasteiger charge is -2.23. The SMILES string of the molecule is COCCN(CCOC)C(=O)c1cc(-c2ccncc2)nc2ccccc12. The van der Waals surface area contributed by atoms with Gasteiger partial charge in [0.2, 0.25) is 0 Å². The molecule has 0 aliphatic carbocycles. The van der Waals surface area contributed by atoms with E-state index in [-0.39, 0.29) is 5.91 Å². The van der Waals surface area contributed by atoms with Crippen LogP contribution in [0.15, 0.2) is 54.9 Å². The summed E-state index contributed by atoms with van der Waals surface area (Å²) in [5, 5.41) is 0.833. The summed E-state index contributed by atoms with van der Waals surface area (Å²) in [5.41, 5.74) is 3.08. The van der Waals surface area contributed by atoms with Gasteiger partial charge in [-0.15, -0.1) is 0 Å². The van der Waals surface area contributed by atoms with Gasteiger partial charge in [-0.05, 0) is 24.3 Å². The summed E-state index contributed by atoms with van der Waals surface area (Å²) in [6.45, 7) is 1.94. The van der Waals surface area contributed by atoms with E-state index in [2.05, 4.69) is 4.98 Å². The molecule has 1 amide bonds. The van der Waals surface area contributed by atoms with E-state index in [4.69, 9.17) is 14.5 Å². The molecule has 0 aliphatic rings. The van der Waals surface area contributed by atoms with Gasteiger partial charge in [-0.25, -0.2) is 4.98 Å². The Bertz CT molecular complexity index is 892. The van der Waals surface area contributed by atoms with E-state index in [1.807, 2.05) is 42.5 Å². The number of aromatic nitrogens is 2. The van der Waals surface area contributed by atoms with Crippen molar-refractivity contribution in [3.8, 4) is 11.3 Å². The smallest absolute Gasteiger partial charge is 0.254 e. The van der Waals surface area contributed by atoms with Crippen LogP contribution in [0.4, 0.5) is 0 Å². The fourth-order valence-corrected chi connectivity index (χ4v) is 2.91. The molecule has 0 spiro atoms. The molecule has 0 N–H and O–H groups in total. The zero-order valence-corrected chi connectivity index (χ0v) is 15.6. The first-order valence-electron chi connectivity index (χ1n) is 8.82. The van der Waals surface area contributed by atoms with Crippen molar-refractivity contribution in [1.82, 2.24) is 14.9 Å². The maximum atomic E-state index is 13.3. The Morgan fingerprint density at radius 1 is 1.00 bits per heavy atom. The van der Waals surface area contributed by atoms with Crippen molar-refractivity contribution in [1.29, 1.82) is 0 Å². The van der Waals surface area contributed by atoms with Crippen molar-refractivity contribution < 1.29 is 14.3 Å². The Morgan fingerprint density at radius 2 is 1.67 bits per heavy atom. The third-order valence-electron chi connectivity index (χ3n) is 4.34. The predicted octanol–water partition coefficient (Wildman–Crippen LogP) is 3.03. The molecule has 6 heteroatoms. The monoisotopic (exact) mass is 365 g/mol. The third-order valence-corrected chi connectivity index (χ3v) is 4.34. The van der Waals surface area contributed by atoms with Gasteiger partial charge in [-0.3, -0.25) is 9.78 Å². The normalized spacial score (nSPS) is 10.9. The van der Waals surface area contributed by atoms with Gasteiger partial charge in [0, 0.05) is 50.7 Å². The van der Waals surface area contributed by atoms with Crippen molar-refractivity contribution in [3.63, 3.8) is 0 Å². The standard InChI is InChI=1S/C21H23N3O3/c1-26-13-11-24(12-14-27-2)21(25)18-15-20(16-7-9-22-10-8-16)23-19-6-4-3-5-17(18)19/h3-10,15H,11-14H2,1-2H3. The van der Waals surface area contributed by atoms with Crippen LogP contribution in [0.1, 0.15) is 10.4 Å². The maximum absolute atomic E-state index is 13.3. The van der Waals surface area contributed by atoms with Gasteiger partial charge in [0.1, 0.15) is 0 Å². The highest BCUT2D eigenvalue weighted by Crippen LogP contribution is 2.25. The lowest BCUT2D eigenvalue weighted by Crippen LogP contribution is -2.36.